The Balaban J connectivity index is 2.42. The zero-order valence-electron chi connectivity index (χ0n) is 9.49. The van der Waals surface area contributed by atoms with Crippen molar-refractivity contribution in [2.24, 2.45) is 0 Å². The van der Waals surface area contributed by atoms with Gasteiger partial charge in [0.25, 0.3) is 0 Å². The van der Waals surface area contributed by atoms with Crippen molar-refractivity contribution in [1.82, 2.24) is 4.31 Å². The number of hydrogen-bond acceptors (Lipinski definition) is 5. The fraction of sp³-hybridized carbons (Fsp3) is 0.300. The van der Waals surface area contributed by atoms with Crippen LogP contribution in [-0.4, -0.2) is 44.2 Å². The molecule has 1 N–H and O–H groups in total. The maximum Gasteiger partial charge on any atom is 0.318 e. The number of hydrogen-bond donors (Lipinski definition) is 1. The third-order valence-corrected chi connectivity index (χ3v) is 4.23. The molecule has 0 saturated carbocycles. The number of sulfonamides is 1. The number of likely N-dealkylation sites (N-methyl/N-ethyl adjacent to an activating group) is 1. The zero-order chi connectivity index (χ0) is 13.3. The highest BCUT2D eigenvalue weighted by molar-refractivity contribution is 7.89. The number of nitrogens with zero attached hydrogens (tertiary/aromatic N) is 1. The summed E-state index contributed by atoms with van der Waals surface area (Å²) in [6, 6.07) is 4.44. The van der Waals surface area contributed by atoms with Gasteiger partial charge in [-0.15, -0.1) is 0 Å². The molecule has 0 aromatic heterocycles. The summed E-state index contributed by atoms with van der Waals surface area (Å²) in [5.74, 6) is -0.777. The molecule has 8 heteroatoms. The van der Waals surface area contributed by atoms with E-state index in [1.807, 2.05) is 0 Å². The number of benzene rings is 1. The SMILES string of the molecule is CN(CC(=O)O)S(=O)(=O)c1cccc2c1OCO2. The highest BCUT2D eigenvalue weighted by Gasteiger charge is 2.30. The number of carboxylic acid groups (broad SMARTS) is 1. The van der Waals surface area contributed by atoms with Gasteiger partial charge in [-0.1, -0.05) is 6.07 Å². The number of carbonyl (C=O) groups is 1. The van der Waals surface area contributed by atoms with E-state index >= 15 is 0 Å². The minimum absolute atomic E-state index is 0.0511. The van der Waals surface area contributed by atoms with Gasteiger partial charge in [0.2, 0.25) is 16.8 Å². The van der Waals surface area contributed by atoms with Crippen LogP contribution in [0.2, 0.25) is 0 Å². The molecule has 18 heavy (non-hydrogen) atoms. The molecule has 0 radical (unpaired) electrons. The Morgan fingerprint density at radius 2 is 2.17 bits per heavy atom. The van der Waals surface area contributed by atoms with Crippen molar-refractivity contribution in [2.45, 2.75) is 4.90 Å². The predicted molar refractivity (Wildman–Crippen MR) is 60.0 cm³/mol. The van der Waals surface area contributed by atoms with Crippen LogP contribution in [0.1, 0.15) is 0 Å². The van der Waals surface area contributed by atoms with Crippen LogP contribution in [0.5, 0.6) is 11.5 Å². The summed E-state index contributed by atoms with van der Waals surface area (Å²) in [6.07, 6.45) is 0. The van der Waals surface area contributed by atoms with Crippen LogP contribution in [0.25, 0.3) is 0 Å². The van der Waals surface area contributed by atoms with E-state index in [-0.39, 0.29) is 17.4 Å². The molecule has 1 heterocycles. The molecule has 0 bridgehead atoms. The molecule has 7 nitrogen and oxygen atoms in total. The van der Waals surface area contributed by atoms with E-state index < -0.39 is 22.5 Å². The van der Waals surface area contributed by atoms with Gasteiger partial charge in [0.15, 0.2) is 11.5 Å². The number of para-hydroxylation sites is 1. The summed E-state index contributed by atoms with van der Waals surface area (Å²) < 4.78 is 35.2. The molecule has 0 fully saturated rings. The minimum Gasteiger partial charge on any atom is -0.480 e. The van der Waals surface area contributed by atoms with Crippen molar-refractivity contribution in [3.8, 4) is 11.5 Å². The molecule has 0 amide bonds. The van der Waals surface area contributed by atoms with Crippen molar-refractivity contribution in [3.63, 3.8) is 0 Å². The van der Waals surface area contributed by atoms with Crippen molar-refractivity contribution >= 4 is 16.0 Å². The molecule has 0 spiro atoms. The molecule has 0 unspecified atom stereocenters. The third kappa shape index (κ3) is 2.12. The van der Waals surface area contributed by atoms with Gasteiger partial charge in [0, 0.05) is 7.05 Å². The van der Waals surface area contributed by atoms with Gasteiger partial charge in [-0.3, -0.25) is 4.79 Å². The highest BCUT2D eigenvalue weighted by atomic mass is 32.2. The number of ether oxygens (including phenoxy) is 2. The molecule has 1 aliphatic rings. The Labute approximate surface area is 104 Å². The number of rotatable bonds is 4. The van der Waals surface area contributed by atoms with Gasteiger partial charge in [0.1, 0.15) is 11.4 Å². The zero-order valence-corrected chi connectivity index (χ0v) is 10.3. The smallest absolute Gasteiger partial charge is 0.318 e. The Kier molecular flexibility index (Phi) is 3.14. The summed E-state index contributed by atoms with van der Waals surface area (Å²) in [5, 5.41) is 8.63. The van der Waals surface area contributed by atoms with Gasteiger partial charge in [-0.2, -0.15) is 4.31 Å². The van der Waals surface area contributed by atoms with E-state index in [1.165, 1.54) is 19.2 Å². The normalized spacial score (nSPS) is 13.9. The van der Waals surface area contributed by atoms with Crippen molar-refractivity contribution in [1.29, 1.82) is 0 Å². The standard InChI is InChI=1S/C10H11NO6S/c1-11(5-9(12)13)18(14,15)8-4-2-3-7-10(8)17-6-16-7/h2-4H,5-6H2,1H3,(H,12,13). The Morgan fingerprint density at radius 1 is 1.44 bits per heavy atom. The first kappa shape index (κ1) is 12.7. The molecule has 0 aliphatic carbocycles. The molecule has 2 rings (SSSR count). The van der Waals surface area contributed by atoms with Crippen LogP contribution in [0, 0.1) is 0 Å². The second-order valence-electron chi connectivity index (χ2n) is 3.64. The quantitative estimate of drug-likeness (QED) is 0.837. The lowest BCUT2D eigenvalue weighted by atomic mass is 10.3. The van der Waals surface area contributed by atoms with E-state index in [4.69, 9.17) is 14.6 Å². The predicted octanol–water partition coefficient (Wildman–Crippen LogP) is 0.120. The average Bonchev–Trinajstić information content (AvgIpc) is 2.75. The van der Waals surface area contributed by atoms with E-state index in [0.717, 1.165) is 4.31 Å². The van der Waals surface area contributed by atoms with Crippen LogP contribution in [0.4, 0.5) is 0 Å². The number of aliphatic carboxylic acids is 1. The van der Waals surface area contributed by atoms with Crippen LogP contribution in [0.3, 0.4) is 0 Å². The molecular weight excluding hydrogens is 262 g/mol. The van der Waals surface area contributed by atoms with Gasteiger partial charge >= 0.3 is 5.97 Å². The summed E-state index contributed by atoms with van der Waals surface area (Å²) in [6.45, 7) is -0.669. The van der Waals surface area contributed by atoms with Crippen LogP contribution in [0.15, 0.2) is 23.1 Å². The first-order valence-electron chi connectivity index (χ1n) is 4.99. The van der Waals surface area contributed by atoms with Crippen molar-refractivity contribution in [3.05, 3.63) is 18.2 Å². The Bertz CT molecular complexity index is 582. The first-order valence-corrected chi connectivity index (χ1v) is 6.43. The molecule has 1 aromatic rings. The largest absolute Gasteiger partial charge is 0.480 e. The lowest BCUT2D eigenvalue weighted by Gasteiger charge is -2.15. The molecule has 1 aliphatic heterocycles. The molecule has 1 aromatic carbocycles. The van der Waals surface area contributed by atoms with Gasteiger partial charge in [0.05, 0.1) is 0 Å². The fourth-order valence-corrected chi connectivity index (χ4v) is 2.81. The van der Waals surface area contributed by atoms with Crippen LogP contribution < -0.4 is 9.47 Å². The van der Waals surface area contributed by atoms with Crippen molar-refractivity contribution in [2.75, 3.05) is 20.4 Å². The number of carboxylic acids is 1. The maximum absolute atomic E-state index is 12.2. The first-order chi connectivity index (χ1) is 8.43. The van der Waals surface area contributed by atoms with Crippen LogP contribution in [-0.2, 0) is 14.8 Å². The van der Waals surface area contributed by atoms with E-state index in [1.54, 1.807) is 6.07 Å². The molecule has 98 valence electrons. The summed E-state index contributed by atoms with van der Waals surface area (Å²) >= 11 is 0. The minimum atomic E-state index is -3.91. The third-order valence-electron chi connectivity index (χ3n) is 2.41. The summed E-state index contributed by atoms with van der Waals surface area (Å²) in [7, 11) is -2.72. The van der Waals surface area contributed by atoms with E-state index in [0.29, 0.717) is 5.75 Å². The lowest BCUT2D eigenvalue weighted by Crippen LogP contribution is -2.32. The summed E-state index contributed by atoms with van der Waals surface area (Å²) in [5.41, 5.74) is 0. The van der Waals surface area contributed by atoms with E-state index in [9.17, 15) is 13.2 Å². The fourth-order valence-electron chi connectivity index (χ4n) is 1.55. The monoisotopic (exact) mass is 273 g/mol. The Morgan fingerprint density at radius 3 is 2.83 bits per heavy atom. The molecule has 0 saturated heterocycles. The van der Waals surface area contributed by atoms with Crippen molar-refractivity contribution < 1.29 is 27.8 Å². The second kappa shape index (κ2) is 4.46. The lowest BCUT2D eigenvalue weighted by molar-refractivity contribution is -0.137. The average molecular weight is 273 g/mol. The second-order valence-corrected chi connectivity index (χ2v) is 5.66. The van der Waals surface area contributed by atoms with Gasteiger partial charge in [-0.05, 0) is 12.1 Å². The van der Waals surface area contributed by atoms with Gasteiger partial charge in [-0.25, -0.2) is 8.42 Å². The number of fused-ring (bicyclic) bond motifs is 1. The summed E-state index contributed by atoms with van der Waals surface area (Å²) in [4.78, 5) is 10.5. The topological polar surface area (TPSA) is 93.1 Å². The maximum atomic E-state index is 12.2. The van der Waals surface area contributed by atoms with E-state index in [2.05, 4.69) is 0 Å². The Hall–Kier alpha value is -1.80. The highest BCUT2D eigenvalue weighted by Crippen LogP contribution is 2.38. The molecule has 0 atom stereocenters. The van der Waals surface area contributed by atoms with Gasteiger partial charge < -0.3 is 14.6 Å². The molecular formula is C10H11NO6S. The van der Waals surface area contributed by atoms with Crippen LogP contribution >= 0.6 is 0 Å².